The van der Waals surface area contributed by atoms with Crippen molar-refractivity contribution in [1.29, 1.82) is 0 Å². The van der Waals surface area contributed by atoms with Crippen molar-refractivity contribution >= 4 is 37.0 Å². The lowest BCUT2D eigenvalue weighted by molar-refractivity contribution is 0.191. The van der Waals surface area contributed by atoms with Gasteiger partial charge in [-0.25, -0.2) is 16.8 Å². The highest BCUT2D eigenvalue weighted by Crippen LogP contribution is 2.37. The Kier molecular flexibility index (Phi) is 2.73. The highest BCUT2D eigenvalue weighted by atomic mass is 32.2. The van der Waals surface area contributed by atoms with Gasteiger partial charge in [-0.05, 0) is 25.6 Å². The van der Waals surface area contributed by atoms with Crippen LogP contribution in [0.2, 0.25) is 0 Å². The number of hydrogen-bond acceptors (Lipinski definition) is 5. The Hall–Kier alpha value is -0.410. The van der Waals surface area contributed by atoms with Crippen LogP contribution in [-0.4, -0.2) is 67.5 Å². The van der Waals surface area contributed by atoms with Gasteiger partial charge in [0.05, 0.1) is 40.6 Å². The first-order chi connectivity index (χ1) is 8.62. The van der Waals surface area contributed by atoms with Crippen LogP contribution in [0.25, 0.3) is 0 Å². The number of rotatable bonds is 1. The smallest absolute Gasteiger partial charge is 0.170 e. The van der Waals surface area contributed by atoms with Gasteiger partial charge in [-0.15, -0.1) is 0 Å². The summed E-state index contributed by atoms with van der Waals surface area (Å²) in [5, 5.41) is 3.52. The zero-order chi connectivity index (χ0) is 14.1. The van der Waals surface area contributed by atoms with Crippen LogP contribution in [0.3, 0.4) is 0 Å². The maximum atomic E-state index is 11.7. The van der Waals surface area contributed by atoms with Crippen molar-refractivity contribution in [3.63, 3.8) is 0 Å². The number of nitrogens with zero attached hydrogens (tertiary/aromatic N) is 1. The van der Waals surface area contributed by atoms with Crippen molar-refractivity contribution in [3.05, 3.63) is 0 Å². The summed E-state index contributed by atoms with van der Waals surface area (Å²) in [6, 6.07) is -0.423. The van der Waals surface area contributed by atoms with Gasteiger partial charge in [-0.2, -0.15) is 0 Å². The molecule has 108 valence electrons. The predicted octanol–water partition coefficient (Wildman–Crippen LogP) is -1.08. The second kappa shape index (κ2) is 3.82. The lowest BCUT2D eigenvalue weighted by atomic mass is 9.97. The average Bonchev–Trinajstić information content (AvgIpc) is 2.74. The minimum Gasteiger partial charge on any atom is -0.357 e. The van der Waals surface area contributed by atoms with E-state index >= 15 is 0 Å². The number of thiocarbonyl (C=S) groups is 1. The molecule has 0 aliphatic carbocycles. The molecule has 1 N–H and O–H groups in total. The molecule has 0 aromatic rings. The van der Waals surface area contributed by atoms with Crippen molar-refractivity contribution in [1.82, 2.24) is 10.2 Å². The highest BCUT2D eigenvalue weighted by Gasteiger charge is 2.55. The van der Waals surface area contributed by atoms with E-state index < -0.39 is 25.2 Å². The van der Waals surface area contributed by atoms with Crippen LogP contribution >= 0.6 is 12.2 Å². The lowest BCUT2D eigenvalue weighted by Gasteiger charge is -2.38. The molecule has 0 amide bonds. The Balaban J connectivity index is 1.95. The van der Waals surface area contributed by atoms with E-state index in [4.69, 9.17) is 12.2 Å². The Morgan fingerprint density at radius 2 is 1.95 bits per heavy atom. The fraction of sp³-hybridized carbons (Fsp3) is 0.900. The first-order valence-electron chi connectivity index (χ1n) is 6.13. The van der Waals surface area contributed by atoms with Crippen LogP contribution in [0, 0.1) is 0 Å². The van der Waals surface area contributed by atoms with Crippen molar-refractivity contribution in [2.24, 2.45) is 0 Å². The minimum absolute atomic E-state index is 0.0467. The van der Waals surface area contributed by atoms with Crippen LogP contribution in [0.1, 0.15) is 13.3 Å². The second-order valence-corrected chi connectivity index (χ2v) is 10.6. The van der Waals surface area contributed by atoms with E-state index in [0.29, 0.717) is 11.5 Å². The first-order valence-corrected chi connectivity index (χ1v) is 10.2. The van der Waals surface area contributed by atoms with Crippen molar-refractivity contribution < 1.29 is 16.8 Å². The normalized spacial score (nSPS) is 43.2. The molecular formula is C10H16N2O4S3. The molecule has 3 fully saturated rings. The van der Waals surface area contributed by atoms with Crippen LogP contribution in [0.15, 0.2) is 0 Å². The molecule has 0 aromatic carbocycles. The van der Waals surface area contributed by atoms with Gasteiger partial charge in [0.2, 0.25) is 0 Å². The number of hydrogen-bond donors (Lipinski definition) is 1. The molecule has 9 heteroatoms. The molecule has 0 unspecified atom stereocenters. The molecule has 3 saturated heterocycles. The Morgan fingerprint density at radius 3 is 2.53 bits per heavy atom. The third kappa shape index (κ3) is 2.15. The maximum Gasteiger partial charge on any atom is 0.170 e. The van der Waals surface area contributed by atoms with Crippen molar-refractivity contribution in [3.8, 4) is 0 Å². The number of sulfone groups is 2. The van der Waals surface area contributed by atoms with Gasteiger partial charge >= 0.3 is 0 Å². The monoisotopic (exact) mass is 324 g/mol. The largest absolute Gasteiger partial charge is 0.357 e. The predicted molar refractivity (Wildman–Crippen MR) is 75.5 cm³/mol. The summed E-state index contributed by atoms with van der Waals surface area (Å²) >= 11 is 5.28. The van der Waals surface area contributed by atoms with Crippen LogP contribution < -0.4 is 5.32 Å². The van der Waals surface area contributed by atoms with E-state index in [1.54, 1.807) is 0 Å². The maximum absolute atomic E-state index is 11.7. The van der Waals surface area contributed by atoms with Gasteiger partial charge in [0, 0.05) is 0 Å². The third-order valence-corrected chi connectivity index (χ3v) is 8.16. The summed E-state index contributed by atoms with van der Waals surface area (Å²) in [4.78, 5) is 1.84. The molecule has 3 aliphatic rings. The summed E-state index contributed by atoms with van der Waals surface area (Å²) in [5.41, 5.74) is -0.581. The summed E-state index contributed by atoms with van der Waals surface area (Å²) < 4.78 is 46.9. The van der Waals surface area contributed by atoms with Gasteiger partial charge in [-0.3, -0.25) is 0 Å². The Bertz CT molecular complexity index is 630. The topological polar surface area (TPSA) is 83.6 Å². The standard InChI is InChI=1S/C10H16N2O4S3/c1-10(2-3-18(13,14)6-10)12-8-5-19(15,16)4-7(8)11-9(12)17/h7-8H,2-6H2,1H3,(H,11,17)/t7-,8+,10+/m1/s1. The van der Waals surface area contributed by atoms with E-state index in [-0.39, 0.29) is 35.1 Å². The summed E-state index contributed by atoms with van der Waals surface area (Å²) in [6.07, 6.45) is 0.500. The lowest BCUT2D eigenvalue weighted by Crippen LogP contribution is -2.53. The fourth-order valence-electron chi connectivity index (χ4n) is 3.43. The molecule has 3 atom stereocenters. The van der Waals surface area contributed by atoms with Gasteiger partial charge in [0.15, 0.2) is 24.8 Å². The Morgan fingerprint density at radius 1 is 1.26 bits per heavy atom. The quantitative estimate of drug-likeness (QED) is 0.614. The Labute approximate surface area is 118 Å². The van der Waals surface area contributed by atoms with Gasteiger partial charge in [0.25, 0.3) is 0 Å². The summed E-state index contributed by atoms with van der Waals surface area (Å²) in [5.74, 6) is 0.329. The fourth-order valence-corrected chi connectivity index (χ4v) is 7.95. The number of fused-ring (bicyclic) bond motifs is 1. The molecule has 3 heterocycles. The SMILES string of the molecule is C[C@]1(N2C(=S)N[C@@H]3CS(=O)(=O)C[C@@H]32)CCS(=O)(=O)C1. The molecule has 0 spiro atoms. The first kappa shape index (κ1) is 13.6. The van der Waals surface area contributed by atoms with Gasteiger partial charge in [0.1, 0.15) is 0 Å². The molecule has 19 heavy (non-hydrogen) atoms. The molecule has 0 saturated carbocycles. The van der Waals surface area contributed by atoms with E-state index in [1.165, 1.54) is 0 Å². The molecule has 3 rings (SSSR count). The van der Waals surface area contributed by atoms with Gasteiger partial charge in [-0.1, -0.05) is 0 Å². The van der Waals surface area contributed by atoms with E-state index in [9.17, 15) is 16.8 Å². The summed E-state index contributed by atoms with van der Waals surface area (Å²) in [6.45, 7) is 1.86. The highest BCUT2D eigenvalue weighted by molar-refractivity contribution is 7.92. The molecule has 0 bridgehead atoms. The zero-order valence-electron chi connectivity index (χ0n) is 10.5. The minimum atomic E-state index is -3.06. The molecule has 0 aromatic heterocycles. The average molecular weight is 324 g/mol. The molecule has 6 nitrogen and oxygen atoms in total. The van der Waals surface area contributed by atoms with Crippen LogP contribution in [0.5, 0.6) is 0 Å². The molecule has 3 aliphatic heterocycles. The van der Waals surface area contributed by atoms with Gasteiger partial charge < -0.3 is 10.2 Å². The zero-order valence-corrected chi connectivity index (χ0v) is 12.9. The van der Waals surface area contributed by atoms with Crippen LogP contribution in [-0.2, 0) is 19.7 Å². The van der Waals surface area contributed by atoms with Crippen molar-refractivity contribution in [2.45, 2.75) is 31.0 Å². The molecule has 0 radical (unpaired) electrons. The molecular weight excluding hydrogens is 308 g/mol. The third-order valence-electron chi connectivity index (χ3n) is 4.25. The van der Waals surface area contributed by atoms with E-state index in [0.717, 1.165) is 0 Å². The van der Waals surface area contributed by atoms with E-state index in [1.807, 2.05) is 11.8 Å². The second-order valence-electron chi connectivity index (χ2n) is 5.91. The summed E-state index contributed by atoms with van der Waals surface area (Å²) in [7, 11) is -6.11. The van der Waals surface area contributed by atoms with E-state index in [2.05, 4.69) is 5.32 Å². The van der Waals surface area contributed by atoms with Crippen molar-refractivity contribution in [2.75, 3.05) is 23.0 Å². The van der Waals surface area contributed by atoms with Crippen LogP contribution in [0.4, 0.5) is 0 Å². The number of nitrogens with one attached hydrogen (secondary N) is 1.